The largest absolute Gasteiger partial charge is 0.250 e. The third kappa shape index (κ3) is 2.47. The molecule has 0 aliphatic heterocycles. The van der Waals surface area contributed by atoms with Crippen molar-refractivity contribution in [1.29, 1.82) is 0 Å². The van der Waals surface area contributed by atoms with Gasteiger partial charge in [-0.1, -0.05) is 29.4 Å². The van der Waals surface area contributed by atoms with Gasteiger partial charge in [-0.15, -0.1) is 0 Å². The van der Waals surface area contributed by atoms with Crippen molar-refractivity contribution in [2.45, 2.75) is 10.1 Å². The fraction of sp³-hybridized carbons (Fsp3) is 0. The van der Waals surface area contributed by atoms with Gasteiger partial charge in [0.1, 0.15) is 10.1 Å². The predicted molar refractivity (Wildman–Crippen MR) is 57.6 cm³/mol. The van der Waals surface area contributed by atoms with Gasteiger partial charge in [-0.25, -0.2) is 9.97 Å². The van der Waals surface area contributed by atoms with Gasteiger partial charge in [0.25, 0.3) is 0 Å². The highest BCUT2D eigenvalue weighted by molar-refractivity contribution is 7.99. The summed E-state index contributed by atoms with van der Waals surface area (Å²) in [5.74, 6) is 0. The van der Waals surface area contributed by atoms with Gasteiger partial charge in [-0.3, -0.25) is 0 Å². The Morgan fingerprint density at radius 1 is 1.00 bits per heavy atom. The van der Waals surface area contributed by atoms with Crippen LogP contribution in [0.4, 0.5) is 0 Å². The second-order valence-corrected chi connectivity index (χ2v) is 4.06. The maximum atomic E-state index is 5.84. The van der Waals surface area contributed by atoms with Gasteiger partial charge in [-0.05, 0) is 24.3 Å². The molecule has 0 atom stereocenters. The molecule has 4 heteroatoms. The molecule has 2 aromatic rings. The minimum atomic E-state index is 0.693. The molecule has 70 valence electrons. The fourth-order valence-corrected chi connectivity index (χ4v) is 1.95. The summed E-state index contributed by atoms with van der Waals surface area (Å²) < 4.78 is 0. The van der Waals surface area contributed by atoms with Crippen LogP contribution >= 0.6 is 23.4 Å². The lowest BCUT2D eigenvalue weighted by atomic mass is 10.5. The molecule has 0 aromatic carbocycles. The van der Waals surface area contributed by atoms with E-state index in [0.717, 1.165) is 10.1 Å². The molecule has 2 rings (SSSR count). The van der Waals surface area contributed by atoms with Crippen LogP contribution in [0.1, 0.15) is 0 Å². The summed E-state index contributed by atoms with van der Waals surface area (Å²) in [6.07, 6.45) is 3.44. The first-order chi connectivity index (χ1) is 6.84. The number of aromatic nitrogens is 2. The van der Waals surface area contributed by atoms with Crippen LogP contribution in [0.25, 0.3) is 0 Å². The SMILES string of the molecule is Clc1ccnc(Sc2ccccn2)c1. The zero-order valence-electron chi connectivity index (χ0n) is 7.22. The Kier molecular flexibility index (Phi) is 3.01. The lowest BCUT2D eigenvalue weighted by molar-refractivity contribution is 1.09. The van der Waals surface area contributed by atoms with Gasteiger partial charge < -0.3 is 0 Å². The molecular weight excluding hydrogens is 216 g/mol. The van der Waals surface area contributed by atoms with E-state index in [1.165, 1.54) is 11.8 Å². The fourth-order valence-electron chi connectivity index (χ4n) is 0.956. The van der Waals surface area contributed by atoms with Crippen LogP contribution in [0.15, 0.2) is 52.8 Å². The topological polar surface area (TPSA) is 25.8 Å². The smallest absolute Gasteiger partial charge is 0.104 e. The van der Waals surface area contributed by atoms with Crippen molar-refractivity contribution >= 4 is 23.4 Å². The molecular formula is C10H7ClN2S. The summed E-state index contributed by atoms with van der Waals surface area (Å²) in [7, 11) is 0. The van der Waals surface area contributed by atoms with Crippen LogP contribution in [0, 0.1) is 0 Å². The van der Waals surface area contributed by atoms with E-state index in [9.17, 15) is 0 Å². The normalized spacial score (nSPS) is 10.1. The molecule has 0 aliphatic rings. The van der Waals surface area contributed by atoms with E-state index in [1.54, 1.807) is 18.5 Å². The summed E-state index contributed by atoms with van der Waals surface area (Å²) in [5.41, 5.74) is 0. The molecule has 2 aromatic heterocycles. The number of hydrogen-bond acceptors (Lipinski definition) is 3. The van der Waals surface area contributed by atoms with Gasteiger partial charge in [0.2, 0.25) is 0 Å². The van der Waals surface area contributed by atoms with Gasteiger partial charge in [0, 0.05) is 17.4 Å². The van der Waals surface area contributed by atoms with Gasteiger partial charge in [0.15, 0.2) is 0 Å². The van der Waals surface area contributed by atoms with Crippen LogP contribution in [-0.2, 0) is 0 Å². The zero-order chi connectivity index (χ0) is 9.80. The molecule has 0 amide bonds. The highest BCUT2D eigenvalue weighted by Crippen LogP contribution is 2.25. The van der Waals surface area contributed by atoms with Crippen molar-refractivity contribution in [3.05, 3.63) is 47.7 Å². The van der Waals surface area contributed by atoms with E-state index in [4.69, 9.17) is 11.6 Å². The van der Waals surface area contributed by atoms with Crippen LogP contribution < -0.4 is 0 Å². The second kappa shape index (κ2) is 4.44. The summed E-state index contributed by atoms with van der Waals surface area (Å²) in [5, 5.41) is 2.47. The van der Waals surface area contributed by atoms with Crippen LogP contribution in [-0.4, -0.2) is 9.97 Å². The highest BCUT2D eigenvalue weighted by Gasteiger charge is 1.99. The molecule has 0 saturated heterocycles. The summed E-state index contributed by atoms with van der Waals surface area (Å²) in [6.45, 7) is 0. The van der Waals surface area contributed by atoms with E-state index in [2.05, 4.69) is 9.97 Å². The van der Waals surface area contributed by atoms with Crippen molar-refractivity contribution in [3.63, 3.8) is 0 Å². The molecule has 0 spiro atoms. The average Bonchev–Trinajstić information content (AvgIpc) is 2.19. The second-order valence-electron chi connectivity index (χ2n) is 2.58. The number of pyridine rings is 2. The van der Waals surface area contributed by atoms with Crippen molar-refractivity contribution in [2.75, 3.05) is 0 Å². The van der Waals surface area contributed by atoms with E-state index in [-0.39, 0.29) is 0 Å². The molecule has 0 bridgehead atoms. The summed E-state index contributed by atoms with van der Waals surface area (Å²) in [6, 6.07) is 9.34. The molecule has 0 N–H and O–H groups in total. The molecule has 0 unspecified atom stereocenters. The van der Waals surface area contributed by atoms with Gasteiger partial charge >= 0.3 is 0 Å². The van der Waals surface area contributed by atoms with Crippen LogP contribution in [0.3, 0.4) is 0 Å². The van der Waals surface area contributed by atoms with Gasteiger partial charge in [-0.2, -0.15) is 0 Å². The average molecular weight is 223 g/mol. The monoisotopic (exact) mass is 222 g/mol. The van der Waals surface area contributed by atoms with Crippen molar-refractivity contribution in [3.8, 4) is 0 Å². The Labute approximate surface area is 91.4 Å². The van der Waals surface area contributed by atoms with E-state index >= 15 is 0 Å². The lowest BCUT2D eigenvalue weighted by Crippen LogP contribution is -1.81. The van der Waals surface area contributed by atoms with Crippen LogP contribution in [0.5, 0.6) is 0 Å². The molecule has 0 saturated carbocycles. The first-order valence-electron chi connectivity index (χ1n) is 4.05. The minimum Gasteiger partial charge on any atom is -0.250 e. The standard InChI is InChI=1S/C10H7ClN2S/c11-8-4-6-13-10(7-8)14-9-3-1-2-5-12-9/h1-7H. The van der Waals surface area contributed by atoms with Gasteiger partial charge in [0.05, 0.1) is 0 Å². The number of nitrogens with zero attached hydrogens (tertiary/aromatic N) is 2. The number of hydrogen-bond donors (Lipinski definition) is 0. The van der Waals surface area contributed by atoms with E-state index in [0.29, 0.717) is 5.02 Å². The van der Waals surface area contributed by atoms with E-state index in [1.807, 2.05) is 24.3 Å². The van der Waals surface area contributed by atoms with Crippen LogP contribution in [0.2, 0.25) is 5.02 Å². The third-order valence-corrected chi connectivity index (χ3v) is 2.66. The maximum Gasteiger partial charge on any atom is 0.104 e. The Balaban J connectivity index is 2.19. The summed E-state index contributed by atoms with van der Waals surface area (Å²) >= 11 is 7.33. The number of halogens is 1. The summed E-state index contributed by atoms with van der Waals surface area (Å²) in [4.78, 5) is 8.36. The maximum absolute atomic E-state index is 5.84. The first kappa shape index (κ1) is 9.49. The molecule has 0 aliphatic carbocycles. The Morgan fingerprint density at radius 3 is 2.57 bits per heavy atom. The van der Waals surface area contributed by atoms with Crippen molar-refractivity contribution in [1.82, 2.24) is 9.97 Å². The van der Waals surface area contributed by atoms with Crippen molar-refractivity contribution in [2.24, 2.45) is 0 Å². The quantitative estimate of drug-likeness (QED) is 0.780. The molecule has 2 heterocycles. The molecule has 14 heavy (non-hydrogen) atoms. The lowest BCUT2D eigenvalue weighted by Gasteiger charge is -1.98. The molecule has 0 fully saturated rings. The Bertz CT molecular complexity index is 419. The zero-order valence-corrected chi connectivity index (χ0v) is 8.79. The van der Waals surface area contributed by atoms with E-state index < -0.39 is 0 Å². The van der Waals surface area contributed by atoms with Crippen molar-refractivity contribution < 1.29 is 0 Å². The Morgan fingerprint density at radius 2 is 1.86 bits per heavy atom. The first-order valence-corrected chi connectivity index (χ1v) is 5.24. The highest BCUT2D eigenvalue weighted by atomic mass is 35.5. The Hall–Kier alpha value is -1.06. The minimum absolute atomic E-state index is 0.693. The predicted octanol–water partition coefficient (Wildman–Crippen LogP) is 3.28. The third-order valence-electron chi connectivity index (χ3n) is 1.54. The molecule has 2 nitrogen and oxygen atoms in total. The molecule has 0 radical (unpaired) electrons. The number of rotatable bonds is 2.